The van der Waals surface area contributed by atoms with Crippen LogP contribution < -0.4 is 0 Å². The molecule has 0 unspecified atom stereocenters. The summed E-state index contributed by atoms with van der Waals surface area (Å²) < 4.78 is 0. The molecule has 2 heterocycles. The third-order valence-electron chi connectivity index (χ3n) is 3.98. The second-order valence-corrected chi connectivity index (χ2v) is 5.30. The van der Waals surface area contributed by atoms with Crippen LogP contribution in [0, 0.1) is 0 Å². The first-order valence-corrected chi connectivity index (χ1v) is 7.03. The van der Waals surface area contributed by atoms with Gasteiger partial charge in [0.15, 0.2) is 0 Å². The Balaban J connectivity index is 1.65. The van der Waals surface area contributed by atoms with Gasteiger partial charge in [-0.25, -0.2) is 0 Å². The van der Waals surface area contributed by atoms with Gasteiger partial charge in [-0.1, -0.05) is 18.2 Å². The summed E-state index contributed by atoms with van der Waals surface area (Å²) in [7, 11) is 0. The van der Waals surface area contributed by atoms with Crippen molar-refractivity contribution in [3.8, 4) is 0 Å². The van der Waals surface area contributed by atoms with Gasteiger partial charge in [0.2, 0.25) is 11.8 Å². The van der Waals surface area contributed by atoms with E-state index in [1.54, 1.807) is 11.0 Å². The third kappa shape index (κ3) is 2.37. The summed E-state index contributed by atoms with van der Waals surface area (Å²) in [6.07, 6.45) is 0. The molecular weight excluding hydrogens is 270 g/mol. The van der Waals surface area contributed by atoms with E-state index in [1.807, 2.05) is 25.1 Å². The third-order valence-corrected chi connectivity index (χ3v) is 3.98. The molecule has 0 atom stereocenters. The van der Waals surface area contributed by atoms with Crippen LogP contribution in [0.5, 0.6) is 0 Å². The number of hydrogen-bond acceptors (Lipinski definition) is 3. The van der Waals surface area contributed by atoms with Crippen molar-refractivity contribution in [2.75, 3.05) is 26.3 Å². The van der Waals surface area contributed by atoms with Crippen molar-refractivity contribution >= 4 is 17.7 Å². The van der Waals surface area contributed by atoms with Crippen LogP contribution >= 0.6 is 0 Å². The predicted molar refractivity (Wildman–Crippen MR) is 75.1 cm³/mol. The number of fused-ring (bicyclic) bond motifs is 1. The number of benzene rings is 1. The van der Waals surface area contributed by atoms with E-state index in [4.69, 9.17) is 0 Å². The molecule has 0 spiro atoms. The van der Waals surface area contributed by atoms with Gasteiger partial charge >= 0.3 is 0 Å². The minimum atomic E-state index is -0.180. The summed E-state index contributed by atoms with van der Waals surface area (Å²) in [5.41, 5.74) is 1.61. The lowest BCUT2D eigenvalue weighted by Gasteiger charge is -2.20. The molecule has 1 aromatic rings. The van der Waals surface area contributed by atoms with Gasteiger partial charge in [0, 0.05) is 18.7 Å². The molecule has 1 fully saturated rings. The lowest BCUT2D eigenvalue weighted by Crippen LogP contribution is -2.40. The van der Waals surface area contributed by atoms with Crippen molar-refractivity contribution in [1.82, 2.24) is 14.7 Å². The topological polar surface area (TPSA) is 60.9 Å². The van der Waals surface area contributed by atoms with Crippen LogP contribution in [0.25, 0.3) is 0 Å². The van der Waals surface area contributed by atoms with Gasteiger partial charge in [0.05, 0.1) is 6.67 Å². The van der Waals surface area contributed by atoms with Gasteiger partial charge < -0.3 is 14.7 Å². The molecular formula is C15H17N3O3. The minimum Gasteiger partial charge on any atom is -0.325 e. The highest BCUT2D eigenvalue weighted by molar-refractivity contribution is 6.00. The fourth-order valence-corrected chi connectivity index (χ4v) is 2.75. The van der Waals surface area contributed by atoms with Gasteiger partial charge in [-0.3, -0.25) is 14.4 Å². The van der Waals surface area contributed by atoms with Crippen LogP contribution in [0.15, 0.2) is 24.3 Å². The Morgan fingerprint density at radius 3 is 2.57 bits per heavy atom. The van der Waals surface area contributed by atoms with E-state index in [0.29, 0.717) is 25.3 Å². The lowest BCUT2D eigenvalue weighted by molar-refractivity contribution is -0.132. The van der Waals surface area contributed by atoms with E-state index < -0.39 is 0 Å². The SMILES string of the molecule is CCN1CN(C(=O)CN2Cc3ccccc3C2=O)CC1=O. The molecule has 0 bridgehead atoms. The molecule has 110 valence electrons. The molecule has 6 nitrogen and oxygen atoms in total. The molecule has 2 aliphatic rings. The van der Waals surface area contributed by atoms with Gasteiger partial charge in [-0.05, 0) is 18.6 Å². The van der Waals surface area contributed by atoms with Crippen LogP contribution in [-0.2, 0) is 16.1 Å². The molecule has 21 heavy (non-hydrogen) atoms. The predicted octanol–water partition coefficient (Wildman–Crippen LogP) is 0.291. The highest BCUT2D eigenvalue weighted by atomic mass is 16.2. The Labute approximate surface area is 122 Å². The summed E-state index contributed by atoms with van der Waals surface area (Å²) in [5, 5.41) is 0. The molecule has 6 heteroatoms. The summed E-state index contributed by atoms with van der Waals surface area (Å²) in [5.74, 6) is -0.334. The van der Waals surface area contributed by atoms with Crippen molar-refractivity contribution in [2.24, 2.45) is 0 Å². The van der Waals surface area contributed by atoms with Gasteiger partial charge in [0.25, 0.3) is 5.91 Å². The zero-order valence-electron chi connectivity index (χ0n) is 11.9. The monoisotopic (exact) mass is 287 g/mol. The molecule has 1 aromatic carbocycles. The van der Waals surface area contributed by atoms with Crippen LogP contribution in [0.2, 0.25) is 0 Å². The molecule has 3 rings (SSSR count). The van der Waals surface area contributed by atoms with Crippen molar-refractivity contribution in [2.45, 2.75) is 13.5 Å². The zero-order valence-corrected chi connectivity index (χ0v) is 11.9. The van der Waals surface area contributed by atoms with Crippen LogP contribution in [0.1, 0.15) is 22.8 Å². The summed E-state index contributed by atoms with van der Waals surface area (Å²) >= 11 is 0. The maximum absolute atomic E-state index is 12.3. The Kier molecular flexibility index (Phi) is 3.37. The maximum Gasteiger partial charge on any atom is 0.254 e. The van der Waals surface area contributed by atoms with Crippen molar-refractivity contribution in [3.05, 3.63) is 35.4 Å². The molecule has 0 saturated carbocycles. The quantitative estimate of drug-likeness (QED) is 0.803. The first kappa shape index (κ1) is 13.6. The number of carbonyl (C=O) groups excluding carboxylic acids is 3. The van der Waals surface area contributed by atoms with Crippen molar-refractivity contribution in [3.63, 3.8) is 0 Å². The zero-order chi connectivity index (χ0) is 15.0. The molecule has 1 saturated heterocycles. The van der Waals surface area contributed by atoms with Crippen molar-refractivity contribution in [1.29, 1.82) is 0 Å². The minimum absolute atomic E-state index is 0.0261. The molecule has 0 aliphatic carbocycles. The Morgan fingerprint density at radius 2 is 1.90 bits per heavy atom. The fourth-order valence-electron chi connectivity index (χ4n) is 2.75. The number of rotatable bonds is 3. The maximum atomic E-state index is 12.3. The highest BCUT2D eigenvalue weighted by Crippen LogP contribution is 2.22. The standard InChI is InChI=1S/C15H17N3O3/c1-2-16-10-18(9-13(16)19)14(20)8-17-7-11-5-3-4-6-12(11)15(17)21/h3-6H,2,7-10H2,1H3. The Bertz CT molecular complexity index is 614. The number of hydrogen-bond donors (Lipinski definition) is 0. The largest absolute Gasteiger partial charge is 0.325 e. The number of nitrogens with zero attached hydrogens (tertiary/aromatic N) is 3. The van der Waals surface area contributed by atoms with E-state index in [0.717, 1.165) is 5.56 Å². The van der Waals surface area contributed by atoms with E-state index in [2.05, 4.69) is 0 Å². The van der Waals surface area contributed by atoms with Crippen molar-refractivity contribution < 1.29 is 14.4 Å². The summed E-state index contributed by atoms with van der Waals surface area (Å²) in [6.45, 7) is 3.40. The fraction of sp³-hybridized carbons (Fsp3) is 0.400. The molecule has 0 aromatic heterocycles. The van der Waals surface area contributed by atoms with E-state index >= 15 is 0 Å². The van der Waals surface area contributed by atoms with E-state index in [-0.39, 0.29) is 30.8 Å². The average molecular weight is 287 g/mol. The van der Waals surface area contributed by atoms with Gasteiger partial charge in [0.1, 0.15) is 13.1 Å². The van der Waals surface area contributed by atoms with Crippen LogP contribution in [0.4, 0.5) is 0 Å². The number of likely N-dealkylation sites (N-methyl/N-ethyl adjacent to an activating group) is 1. The second-order valence-electron chi connectivity index (χ2n) is 5.30. The van der Waals surface area contributed by atoms with Gasteiger partial charge in [-0.15, -0.1) is 0 Å². The number of amides is 3. The highest BCUT2D eigenvalue weighted by Gasteiger charge is 2.33. The molecule has 2 aliphatic heterocycles. The summed E-state index contributed by atoms with van der Waals surface area (Å²) in [6, 6.07) is 7.38. The normalized spacial score (nSPS) is 17.7. The first-order chi connectivity index (χ1) is 10.1. The van der Waals surface area contributed by atoms with Crippen LogP contribution in [0.3, 0.4) is 0 Å². The van der Waals surface area contributed by atoms with Crippen LogP contribution in [-0.4, -0.2) is 58.7 Å². The second kappa shape index (κ2) is 5.20. The molecule has 0 radical (unpaired) electrons. The van der Waals surface area contributed by atoms with E-state index in [1.165, 1.54) is 9.80 Å². The molecule has 3 amide bonds. The smallest absolute Gasteiger partial charge is 0.254 e. The number of carbonyl (C=O) groups is 3. The van der Waals surface area contributed by atoms with E-state index in [9.17, 15) is 14.4 Å². The summed E-state index contributed by atoms with van der Waals surface area (Å²) in [4.78, 5) is 40.8. The average Bonchev–Trinajstić information content (AvgIpc) is 3.01. The lowest BCUT2D eigenvalue weighted by atomic mass is 10.1. The Morgan fingerprint density at radius 1 is 1.14 bits per heavy atom. The molecule has 0 N–H and O–H groups in total. The van der Waals surface area contributed by atoms with Gasteiger partial charge in [-0.2, -0.15) is 0 Å². The Hall–Kier alpha value is -2.37. The first-order valence-electron chi connectivity index (χ1n) is 7.03.